The number of H-pyrrole nitrogens is 1. The maximum atomic E-state index is 12.8. The van der Waals surface area contributed by atoms with Crippen LogP contribution in [-0.2, 0) is 13.0 Å². The number of nitrogens with zero attached hydrogens (tertiary/aromatic N) is 6. The first kappa shape index (κ1) is 17.1. The molecule has 0 bridgehead atoms. The Morgan fingerprint density at radius 2 is 2.19 bits per heavy atom. The number of carbonyl (C=O) groups excluding carboxylic acids is 1. The predicted octanol–water partition coefficient (Wildman–Crippen LogP) is 1.31. The van der Waals surface area contributed by atoms with E-state index in [1.54, 1.807) is 0 Å². The summed E-state index contributed by atoms with van der Waals surface area (Å²) in [5.74, 6) is -0.368. The van der Waals surface area contributed by atoms with Gasteiger partial charge in [0.1, 0.15) is 17.3 Å². The topological polar surface area (TPSA) is 126 Å². The second-order valence-electron chi connectivity index (χ2n) is 5.90. The molecule has 9 nitrogen and oxygen atoms in total. The second-order valence-corrected chi connectivity index (χ2v) is 5.90. The summed E-state index contributed by atoms with van der Waals surface area (Å²) in [7, 11) is 3.80. The first-order chi connectivity index (χ1) is 12.5. The first-order valence-corrected chi connectivity index (χ1v) is 7.81. The molecule has 9 heteroatoms. The molecule has 3 aromatic rings. The number of anilines is 1. The maximum Gasteiger partial charge on any atom is 0.277 e. The average molecular weight is 348 g/mol. The zero-order valence-electron chi connectivity index (χ0n) is 14.3. The fourth-order valence-corrected chi connectivity index (χ4v) is 2.64. The number of pyridine rings is 1. The molecule has 0 saturated carbocycles. The lowest BCUT2D eigenvalue weighted by molar-refractivity contribution is 0.102. The number of nitriles is 2. The number of nitrogens with one attached hydrogen (secondary N) is 2. The van der Waals surface area contributed by atoms with Gasteiger partial charge in [-0.25, -0.2) is 4.98 Å². The van der Waals surface area contributed by atoms with Crippen molar-refractivity contribution in [3.05, 3.63) is 47.0 Å². The highest BCUT2D eigenvalue weighted by atomic mass is 16.2. The Hall–Kier alpha value is -3.69. The Balaban J connectivity index is 1.99. The van der Waals surface area contributed by atoms with Crippen LogP contribution in [0.25, 0.3) is 5.65 Å². The van der Waals surface area contributed by atoms with Crippen LogP contribution < -0.4 is 5.32 Å². The summed E-state index contributed by atoms with van der Waals surface area (Å²) in [6.45, 7) is 0.513. The highest BCUT2D eigenvalue weighted by Crippen LogP contribution is 2.19. The highest BCUT2D eigenvalue weighted by molar-refractivity contribution is 6.04. The smallest absolute Gasteiger partial charge is 0.277 e. The van der Waals surface area contributed by atoms with Gasteiger partial charge in [0.05, 0.1) is 23.9 Å². The maximum absolute atomic E-state index is 12.8. The van der Waals surface area contributed by atoms with E-state index in [-0.39, 0.29) is 23.5 Å². The number of hydrogen-bond donors (Lipinski definition) is 2. The molecule has 1 amide bonds. The van der Waals surface area contributed by atoms with Gasteiger partial charge in [-0.1, -0.05) is 6.07 Å². The summed E-state index contributed by atoms with van der Waals surface area (Å²) in [4.78, 5) is 19.1. The summed E-state index contributed by atoms with van der Waals surface area (Å²) in [6.07, 6.45) is 1.85. The van der Waals surface area contributed by atoms with E-state index < -0.39 is 5.91 Å². The van der Waals surface area contributed by atoms with Crippen molar-refractivity contribution in [1.82, 2.24) is 24.5 Å². The molecular formula is C17H16N8O. The molecule has 0 aliphatic rings. The van der Waals surface area contributed by atoms with Gasteiger partial charge in [-0.3, -0.25) is 9.89 Å². The van der Waals surface area contributed by atoms with E-state index in [9.17, 15) is 10.1 Å². The van der Waals surface area contributed by atoms with Crippen molar-refractivity contribution in [3.8, 4) is 12.1 Å². The number of aromatic nitrogens is 4. The molecule has 0 atom stereocenters. The summed E-state index contributed by atoms with van der Waals surface area (Å²) in [6, 6.07) is 9.44. The Labute approximate surface area is 149 Å². The second kappa shape index (κ2) is 7.05. The van der Waals surface area contributed by atoms with Gasteiger partial charge in [-0.15, -0.1) is 0 Å². The van der Waals surface area contributed by atoms with Crippen molar-refractivity contribution in [2.45, 2.75) is 13.0 Å². The van der Waals surface area contributed by atoms with E-state index in [1.165, 1.54) is 0 Å². The monoisotopic (exact) mass is 348 g/mol. The quantitative estimate of drug-likeness (QED) is 0.716. The fourth-order valence-electron chi connectivity index (χ4n) is 2.64. The Morgan fingerprint density at radius 3 is 2.88 bits per heavy atom. The largest absolute Gasteiger partial charge is 0.304 e. The third kappa shape index (κ3) is 3.11. The zero-order chi connectivity index (χ0) is 18.7. The molecule has 0 saturated heterocycles. The van der Waals surface area contributed by atoms with Crippen LogP contribution in [0.5, 0.6) is 0 Å². The van der Waals surface area contributed by atoms with Gasteiger partial charge in [0.25, 0.3) is 5.91 Å². The van der Waals surface area contributed by atoms with E-state index in [0.29, 0.717) is 17.9 Å². The molecule has 130 valence electrons. The lowest BCUT2D eigenvalue weighted by Gasteiger charge is -2.11. The molecule has 0 radical (unpaired) electrons. The number of fused-ring (bicyclic) bond motifs is 1. The fraction of sp³-hybridized carbons (Fsp3) is 0.235. The molecule has 3 rings (SSSR count). The van der Waals surface area contributed by atoms with E-state index in [2.05, 4.69) is 20.5 Å². The first-order valence-electron chi connectivity index (χ1n) is 7.81. The Kier molecular flexibility index (Phi) is 4.65. The van der Waals surface area contributed by atoms with Gasteiger partial charge in [0.15, 0.2) is 11.5 Å². The number of carbonyl (C=O) groups is 1. The lowest BCUT2D eigenvalue weighted by Crippen LogP contribution is -2.19. The van der Waals surface area contributed by atoms with Crippen LogP contribution in [0.2, 0.25) is 0 Å². The van der Waals surface area contributed by atoms with Crippen LogP contribution in [0.3, 0.4) is 0 Å². The molecular weight excluding hydrogens is 332 g/mol. The number of hydrogen-bond acceptors (Lipinski definition) is 6. The summed E-state index contributed by atoms with van der Waals surface area (Å²) < 4.78 is 1.85. The average Bonchev–Trinajstić information content (AvgIpc) is 3.16. The Morgan fingerprint density at radius 1 is 1.38 bits per heavy atom. The molecule has 0 aliphatic carbocycles. The highest BCUT2D eigenvalue weighted by Gasteiger charge is 2.22. The molecule has 26 heavy (non-hydrogen) atoms. The lowest BCUT2D eigenvalue weighted by atomic mass is 10.2. The molecule has 2 N–H and O–H groups in total. The number of rotatable bonds is 5. The molecule has 0 fully saturated rings. The van der Waals surface area contributed by atoms with Crippen molar-refractivity contribution in [2.24, 2.45) is 0 Å². The van der Waals surface area contributed by atoms with Crippen LogP contribution in [-0.4, -0.2) is 44.5 Å². The minimum atomic E-state index is -0.461. The van der Waals surface area contributed by atoms with Crippen molar-refractivity contribution in [2.75, 3.05) is 19.4 Å². The summed E-state index contributed by atoms with van der Waals surface area (Å²) >= 11 is 0. The summed E-state index contributed by atoms with van der Waals surface area (Å²) in [5, 5.41) is 27.3. The van der Waals surface area contributed by atoms with Gasteiger partial charge in [0.2, 0.25) is 0 Å². The summed E-state index contributed by atoms with van der Waals surface area (Å²) in [5.41, 5.74) is 2.17. The molecule has 0 spiro atoms. The van der Waals surface area contributed by atoms with Gasteiger partial charge < -0.3 is 14.6 Å². The van der Waals surface area contributed by atoms with Crippen LogP contribution in [0.1, 0.15) is 27.4 Å². The van der Waals surface area contributed by atoms with Crippen LogP contribution in [0, 0.1) is 22.7 Å². The van der Waals surface area contributed by atoms with Crippen LogP contribution >= 0.6 is 0 Å². The third-order valence-corrected chi connectivity index (χ3v) is 3.75. The normalized spacial score (nSPS) is 10.7. The van der Waals surface area contributed by atoms with Crippen LogP contribution in [0.15, 0.2) is 24.4 Å². The van der Waals surface area contributed by atoms with E-state index in [0.717, 1.165) is 5.69 Å². The number of amides is 1. The minimum absolute atomic E-state index is 0.00596. The Bertz CT molecular complexity index is 1050. The zero-order valence-corrected chi connectivity index (χ0v) is 14.3. The van der Waals surface area contributed by atoms with Gasteiger partial charge in [0, 0.05) is 12.7 Å². The third-order valence-electron chi connectivity index (χ3n) is 3.75. The SMILES string of the molecule is CN(C)Cc1c(C(=O)Nc2n[nH]c(CC#N)c2C#N)nc2ccccn12. The van der Waals surface area contributed by atoms with Gasteiger partial charge in [-0.05, 0) is 26.2 Å². The number of imidazole rings is 1. The van der Waals surface area contributed by atoms with Crippen molar-refractivity contribution < 1.29 is 4.79 Å². The standard InChI is InChI=1S/C17H16N8O/c1-24(2)10-13-15(20-14-5-3-4-8-25(13)14)17(26)21-16-11(9-19)12(6-7-18)22-23-16/h3-5,8H,6,10H2,1-2H3,(H2,21,22,23,26). The predicted molar refractivity (Wildman–Crippen MR) is 93.2 cm³/mol. The van der Waals surface area contributed by atoms with Gasteiger partial charge >= 0.3 is 0 Å². The minimum Gasteiger partial charge on any atom is -0.304 e. The molecule has 3 aromatic heterocycles. The van der Waals surface area contributed by atoms with Crippen molar-refractivity contribution >= 4 is 17.4 Å². The molecule has 3 heterocycles. The molecule has 0 aromatic carbocycles. The molecule has 0 aliphatic heterocycles. The van der Waals surface area contributed by atoms with Gasteiger partial charge in [-0.2, -0.15) is 15.6 Å². The van der Waals surface area contributed by atoms with Crippen molar-refractivity contribution in [1.29, 1.82) is 10.5 Å². The van der Waals surface area contributed by atoms with E-state index in [1.807, 2.05) is 59.9 Å². The number of aromatic amines is 1. The van der Waals surface area contributed by atoms with Crippen LogP contribution in [0.4, 0.5) is 5.82 Å². The molecule has 0 unspecified atom stereocenters. The van der Waals surface area contributed by atoms with Crippen molar-refractivity contribution in [3.63, 3.8) is 0 Å². The van der Waals surface area contributed by atoms with E-state index in [4.69, 9.17) is 5.26 Å². The van der Waals surface area contributed by atoms with E-state index >= 15 is 0 Å².